The fourth-order valence-corrected chi connectivity index (χ4v) is 2.65. The number of hydrogen-bond acceptors (Lipinski definition) is 3. The van der Waals surface area contributed by atoms with Gasteiger partial charge in [-0.25, -0.2) is 4.98 Å². The van der Waals surface area contributed by atoms with E-state index in [2.05, 4.69) is 10.3 Å². The molecule has 0 saturated heterocycles. The van der Waals surface area contributed by atoms with E-state index in [1.165, 1.54) is 11.3 Å². The van der Waals surface area contributed by atoms with Crippen molar-refractivity contribution < 1.29 is 13.2 Å². The Labute approximate surface area is 103 Å². The van der Waals surface area contributed by atoms with Gasteiger partial charge in [0.1, 0.15) is 0 Å². The van der Waals surface area contributed by atoms with E-state index in [-0.39, 0.29) is 6.42 Å². The summed E-state index contributed by atoms with van der Waals surface area (Å²) in [4.78, 5) is 5.36. The smallest absolute Gasteiger partial charge is 0.315 e. The minimum Gasteiger partial charge on any atom is -0.315 e. The van der Waals surface area contributed by atoms with Crippen LogP contribution in [0.25, 0.3) is 0 Å². The first-order valence-corrected chi connectivity index (χ1v) is 6.46. The summed E-state index contributed by atoms with van der Waals surface area (Å²) < 4.78 is 36.3. The van der Waals surface area contributed by atoms with Crippen LogP contribution in [0, 0.1) is 0 Å². The molecule has 0 amide bonds. The standard InChI is InChI=1S/C11H17F3N2S/c1-3-4-8-9(7-15-2)17-10(16-8)5-6-11(12,13)14/h15H,3-7H2,1-2H3. The third kappa shape index (κ3) is 5.04. The average Bonchev–Trinajstić information content (AvgIpc) is 2.59. The Bertz CT molecular complexity index is 323. The number of halogens is 3. The maximum Gasteiger partial charge on any atom is 0.389 e. The molecular weight excluding hydrogens is 249 g/mol. The molecule has 0 fully saturated rings. The van der Waals surface area contributed by atoms with Crippen molar-refractivity contribution in [2.75, 3.05) is 7.05 Å². The Hall–Kier alpha value is -0.620. The van der Waals surface area contributed by atoms with E-state index in [0.717, 1.165) is 23.4 Å². The molecule has 1 rings (SSSR count). The molecule has 6 heteroatoms. The number of nitrogens with zero attached hydrogens (tertiary/aromatic N) is 1. The molecule has 2 nitrogen and oxygen atoms in total. The van der Waals surface area contributed by atoms with Crippen LogP contribution in [0.1, 0.15) is 35.3 Å². The second-order valence-corrected chi connectivity index (χ2v) is 5.04. The minimum absolute atomic E-state index is 0.00536. The van der Waals surface area contributed by atoms with Gasteiger partial charge in [0.15, 0.2) is 0 Å². The van der Waals surface area contributed by atoms with Crippen LogP contribution >= 0.6 is 11.3 Å². The fourth-order valence-electron chi connectivity index (χ4n) is 1.52. The zero-order chi connectivity index (χ0) is 12.9. The van der Waals surface area contributed by atoms with Crippen LogP contribution in [0.2, 0.25) is 0 Å². The van der Waals surface area contributed by atoms with Crippen LogP contribution in [0.4, 0.5) is 13.2 Å². The summed E-state index contributed by atoms with van der Waals surface area (Å²) in [7, 11) is 1.82. The van der Waals surface area contributed by atoms with E-state index in [1.807, 2.05) is 14.0 Å². The van der Waals surface area contributed by atoms with Crippen molar-refractivity contribution in [3.8, 4) is 0 Å². The highest BCUT2D eigenvalue weighted by atomic mass is 32.1. The van der Waals surface area contributed by atoms with E-state index >= 15 is 0 Å². The van der Waals surface area contributed by atoms with Crippen molar-refractivity contribution in [2.45, 2.75) is 45.3 Å². The number of alkyl halides is 3. The Morgan fingerprint density at radius 1 is 1.29 bits per heavy atom. The first kappa shape index (κ1) is 14.4. The molecule has 0 radical (unpaired) electrons. The molecular formula is C11H17F3N2S. The molecule has 1 aromatic rings. The molecule has 0 aliphatic rings. The van der Waals surface area contributed by atoms with Crippen LogP contribution < -0.4 is 5.32 Å². The van der Waals surface area contributed by atoms with Crippen LogP contribution in [0.15, 0.2) is 0 Å². The summed E-state index contributed by atoms with van der Waals surface area (Å²) in [5.74, 6) is 0. The van der Waals surface area contributed by atoms with Crippen LogP contribution in [-0.4, -0.2) is 18.2 Å². The number of thiazole rings is 1. The SMILES string of the molecule is CCCc1nc(CCC(F)(F)F)sc1CNC. The summed E-state index contributed by atoms with van der Waals surface area (Å²) in [5, 5.41) is 3.61. The highest BCUT2D eigenvalue weighted by Crippen LogP contribution is 2.26. The van der Waals surface area contributed by atoms with Crippen molar-refractivity contribution in [3.63, 3.8) is 0 Å². The molecule has 0 bridgehead atoms. The fraction of sp³-hybridized carbons (Fsp3) is 0.727. The lowest BCUT2D eigenvalue weighted by atomic mass is 10.2. The molecule has 0 aliphatic heterocycles. The van der Waals surface area contributed by atoms with Crippen molar-refractivity contribution >= 4 is 11.3 Å². The van der Waals surface area contributed by atoms with Crippen molar-refractivity contribution in [3.05, 3.63) is 15.6 Å². The average molecular weight is 266 g/mol. The van der Waals surface area contributed by atoms with Gasteiger partial charge >= 0.3 is 6.18 Å². The summed E-state index contributed by atoms with van der Waals surface area (Å²) in [6, 6.07) is 0. The Morgan fingerprint density at radius 3 is 2.53 bits per heavy atom. The number of aromatic nitrogens is 1. The van der Waals surface area contributed by atoms with Crippen LogP contribution in [-0.2, 0) is 19.4 Å². The zero-order valence-corrected chi connectivity index (χ0v) is 10.8. The Morgan fingerprint density at radius 2 is 2.00 bits per heavy atom. The monoisotopic (exact) mass is 266 g/mol. The van der Waals surface area contributed by atoms with E-state index in [0.29, 0.717) is 11.6 Å². The lowest BCUT2D eigenvalue weighted by Crippen LogP contribution is -2.08. The number of hydrogen-bond donors (Lipinski definition) is 1. The van der Waals surface area contributed by atoms with Crippen molar-refractivity contribution in [1.82, 2.24) is 10.3 Å². The maximum absolute atomic E-state index is 12.1. The van der Waals surface area contributed by atoms with Gasteiger partial charge in [-0.1, -0.05) is 13.3 Å². The molecule has 1 aromatic heterocycles. The minimum atomic E-state index is -4.10. The molecule has 0 atom stereocenters. The highest BCUT2D eigenvalue weighted by Gasteiger charge is 2.27. The van der Waals surface area contributed by atoms with E-state index < -0.39 is 12.6 Å². The van der Waals surface area contributed by atoms with Gasteiger partial charge in [-0.05, 0) is 13.5 Å². The van der Waals surface area contributed by atoms with Gasteiger partial charge in [0.2, 0.25) is 0 Å². The molecule has 0 aliphatic carbocycles. The number of nitrogens with one attached hydrogen (secondary N) is 1. The van der Waals surface area contributed by atoms with Crippen molar-refractivity contribution in [2.24, 2.45) is 0 Å². The molecule has 98 valence electrons. The van der Waals surface area contributed by atoms with E-state index in [9.17, 15) is 13.2 Å². The lowest BCUT2D eigenvalue weighted by Gasteiger charge is -2.02. The predicted molar refractivity (Wildman–Crippen MR) is 63.2 cm³/mol. The zero-order valence-electron chi connectivity index (χ0n) is 10.0. The Kier molecular flexibility index (Phi) is 5.39. The maximum atomic E-state index is 12.1. The van der Waals surface area contributed by atoms with Gasteiger partial charge in [0.05, 0.1) is 10.7 Å². The van der Waals surface area contributed by atoms with E-state index in [1.54, 1.807) is 0 Å². The Balaban J connectivity index is 2.69. The largest absolute Gasteiger partial charge is 0.389 e. The first-order valence-electron chi connectivity index (χ1n) is 5.65. The summed E-state index contributed by atoms with van der Waals surface area (Å²) in [5.41, 5.74) is 0.948. The molecule has 1 N–H and O–H groups in total. The normalized spacial score (nSPS) is 12.1. The molecule has 0 aromatic carbocycles. The number of aryl methyl sites for hydroxylation is 2. The third-order valence-corrected chi connectivity index (χ3v) is 3.43. The highest BCUT2D eigenvalue weighted by molar-refractivity contribution is 7.11. The predicted octanol–water partition coefficient (Wildman–Crippen LogP) is 3.31. The summed E-state index contributed by atoms with van der Waals surface area (Å²) in [6.45, 7) is 2.72. The summed E-state index contributed by atoms with van der Waals surface area (Å²) >= 11 is 1.39. The lowest BCUT2D eigenvalue weighted by molar-refractivity contribution is -0.134. The topological polar surface area (TPSA) is 24.9 Å². The number of rotatable bonds is 6. The molecule has 0 saturated carbocycles. The van der Waals surface area contributed by atoms with Crippen LogP contribution in [0.5, 0.6) is 0 Å². The molecule has 1 heterocycles. The van der Waals surface area contributed by atoms with Gasteiger partial charge in [0.25, 0.3) is 0 Å². The van der Waals surface area contributed by atoms with Gasteiger partial charge in [0, 0.05) is 24.3 Å². The molecule has 0 spiro atoms. The third-order valence-electron chi connectivity index (χ3n) is 2.27. The first-order chi connectivity index (χ1) is 7.96. The van der Waals surface area contributed by atoms with Crippen molar-refractivity contribution in [1.29, 1.82) is 0 Å². The van der Waals surface area contributed by atoms with Gasteiger partial charge in [-0.15, -0.1) is 11.3 Å². The van der Waals surface area contributed by atoms with Crippen LogP contribution in [0.3, 0.4) is 0 Å². The van der Waals surface area contributed by atoms with Gasteiger partial charge < -0.3 is 5.32 Å². The quantitative estimate of drug-likeness (QED) is 0.854. The van der Waals surface area contributed by atoms with Gasteiger partial charge in [-0.2, -0.15) is 13.2 Å². The summed E-state index contributed by atoms with van der Waals surface area (Å²) in [6.07, 6.45) is -3.10. The van der Waals surface area contributed by atoms with Gasteiger partial charge in [-0.3, -0.25) is 0 Å². The van der Waals surface area contributed by atoms with E-state index in [4.69, 9.17) is 0 Å². The second kappa shape index (κ2) is 6.35. The molecule has 17 heavy (non-hydrogen) atoms. The second-order valence-electron chi connectivity index (χ2n) is 3.87. The molecule has 0 unspecified atom stereocenters.